The number of methoxy groups -OCH3 is 3. The zero-order chi connectivity index (χ0) is 21.5. The number of likely N-dealkylation sites (tertiary alicyclic amines) is 1. The average molecular weight is 413 g/mol. The third kappa shape index (κ3) is 5.67. The first-order valence-electron chi connectivity index (χ1n) is 10.8. The van der Waals surface area contributed by atoms with Crippen molar-refractivity contribution in [1.29, 1.82) is 0 Å². The average Bonchev–Trinajstić information content (AvgIpc) is 2.73. The van der Waals surface area contributed by atoms with Gasteiger partial charge in [-0.15, -0.1) is 0 Å². The molecule has 5 nitrogen and oxygen atoms in total. The van der Waals surface area contributed by atoms with E-state index >= 15 is 0 Å². The summed E-state index contributed by atoms with van der Waals surface area (Å²) in [4.78, 5) is 2.61. The predicted octanol–water partition coefficient (Wildman–Crippen LogP) is 4.48. The van der Waals surface area contributed by atoms with E-state index in [0.29, 0.717) is 17.2 Å². The van der Waals surface area contributed by atoms with Gasteiger partial charge >= 0.3 is 0 Å². The highest BCUT2D eigenvalue weighted by molar-refractivity contribution is 5.53. The number of nitrogens with one attached hydrogen (secondary N) is 1. The Morgan fingerprint density at radius 2 is 1.47 bits per heavy atom. The molecule has 2 atom stereocenters. The van der Waals surface area contributed by atoms with Gasteiger partial charge < -0.3 is 19.5 Å². The highest BCUT2D eigenvalue weighted by Gasteiger charge is 2.22. The summed E-state index contributed by atoms with van der Waals surface area (Å²) in [5.74, 6) is 3.54. The molecule has 1 aliphatic heterocycles. The summed E-state index contributed by atoms with van der Waals surface area (Å²) in [7, 11) is 4.92. The van der Waals surface area contributed by atoms with Crippen LogP contribution in [0.3, 0.4) is 0 Å². The number of piperidine rings is 1. The summed E-state index contributed by atoms with van der Waals surface area (Å²) < 4.78 is 16.3. The number of ether oxygens (including phenoxy) is 3. The first-order valence-corrected chi connectivity index (χ1v) is 10.8. The summed E-state index contributed by atoms with van der Waals surface area (Å²) in [6, 6.07) is 12.8. The molecule has 0 radical (unpaired) electrons. The Balaban J connectivity index is 1.64. The summed E-state index contributed by atoms with van der Waals surface area (Å²) >= 11 is 0. The monoisotopic (exact) mass is 412 g/mol. The molecular formula is C25H36N2O3. The quantitative estimate of drug-likeness (QED) is 0.658. The van der Waals surface area contributed by atoms with Crippen LogP contribution in [0.4, 0.5) is 0 Å². The SMILES string of the molecule is COc1cc(CNCc2ccccc2CN2C[C@@H](C)C[C@H](C)C2)cc(OC)c1OC. The van der Waals surface area contributed by atoms with Crippen LogP contribution >= 0.6 is 0 Å². The van der Waals surface area contributed by atoms with Gasteiger partial charge in [0.15, 0.2) is 11.5 Å². The van der Waals surface area contributed by atoms with E-state index in [9.17, 15) is 0 Å². The molecule has 0 unspecified atom stereocenters. The molecule has 0 aliphatic carbocycles. The lowest BCUT2D eigenvalue weighted by Gasteiger charge is -2.35. The fourth-order valence-corrected chi connectivity index (χ4v) is 4.63. The minimum Gasteiger partial charge on any atom is -0.493 e. The number of nitrogens with zero attached hydrogens (tertiary/aromatic N) is 1. The summed E-state index contributed by atoms with van der Waals surface area (Å²) in [6.07, 6.45) is 1.34. The lowest BCUT2D eigenvalue weighted by Crippen LogP contribution is -2.38. The van der Waals surface area contributed by atoms with Crippen LogP contribution < -0.4 is 19.5 Å². The van der Waals surface area contributed by atoms with E-state index in [0.717, 1.165) is 37.0 Å². The zero-order valence-electron chi connectivity index (χ0n) is 19.0. The predicted molar refractivity (Wildman–Crippen MR) is 121 cm³/mol. The van der Waals surface area contributed by atoms with Crippen molar-refractivity contribution in [3.05, 3.63) is 53.1 Å². The van der Waals surface area contributed by atoms with E-state index in [4.69, 9.17) is 14.2 Å². The molecule has 0 spiro atoms. The normalized spacial score (nSPS) is 19.5. The number of rotatable bonds is 9. The van der Waals surface area contributed by atoms with Crippen molar-refractivity contribution < 1.29 is 14.2 Å². The Labute approximate surface area is 181 Å². The van der Waals surface area contributed by atoms with E-state index in [1.54, 1.807) is 21.3 Å². The molecule has 1 N–H and O–H groups in total. The van der Waals surface area contributed by atoms with E-state index in [-0.39, 0.29) is 0 Å². The van der Waals surface area contributed by atoms with Gasteiger partial charge in [0.05, 0.1) is 21.3 Å². The molecule has 0 saturated carbocycles. The zero-order valence-corrected chi connectivity index (χ0v) is 19.0. The van der Waals surface area contributed by atoms with Crippen molar-refractivity contribution >= 4 is 0 Å². The van der Waals surface area contributed by atoms with Gasteiger partial charge in [0.2, 0.25) is 5.75 Å². The lowest BCUT2D eigenvalue weighted by atomic mass is 9.91. The molecule has 0 amide bonds. The molecule has 0 aromatic heterocycles. The van der Waals surface area contributed by atoms with Gasteiger partial charge in [0, 0.05) is 32.7 Å². The van der Waals surface area contributed by atoms with Crippen molar-refractivity contribution in [3.8, 4) is 17.2 Å². The molecular weight excluding hydrogens is 376 g/mol. The van der Waals surface area contributed by atoms with Gasteiger partial charge in [-0.3, -0.25) is 4.90 Å². The third-order valence-electron chi connectivity index (χ3n) is 5.83. The van der Waals surface area contributed by atoms with Crippen molar-refractivity contribution in [1.82, 2.24) is 10.2 Å². The van der Waals surface area contributed by atoms with Crippen LogP contribution in [-0.4, -0.2) is 39.3 Å². The second-order valence-electron chi connectivity index (χ2n) is 8.55. The first-order chi connectivity index (χ1) is 14.5. The highest BCUT2D eigenvalue weighted by Crippen LogP contribution is 2.38. The van der Waals surface area contributed by atoms with Crippen LogP contribution in [0.15, 0.2) is 36.4 Å². The Morgan fingerprint density at radius 1 is 0.867 bits per heavy atom. The largest absolute Gasteiger partial charge is 0.493 e. The maximum atomic E-state index is 5.47. The third-order valence-corrected chi connectivity index (χ3v) is 5.83. The second kappa shape index (κ2) is 10.7. The van der Waals surface area contributed by atoms with E-state index in [1.165, 1.54) is 30.6 Å². The van der Waals surface area contributed by atoms with Crippen molar-refractivity contribution in [2.24, 2.45) is 11.8 Å². The summed E-state index contributed by atoms with van der Waals surface area (Å²) in [6.45, 7) is 9.70. The highest BCUT2D eigenvalue weighted by atomic mass is 16.5. The molecule has 1 saturated heterocycles. The molecule has 30 heavy (non-hydrogen) atoms. The second-order valence-corrected chi connectivity index (χ2v) is 8.55. The summed E-state index contributed by atoms with van der Waals surface area (Å²) in [5.41, 5.74) is 3.87. The number of benzene rings is 2. The Morgan fingerprint density at radius 3 is 2.03 bits per heavy atom. The molecule has 3 rings (SSSR count). The van der Waals surface area contributed by atoms with Gasteiger partial charge in [-0.2, -0.15) is 0 Å². The van der Waals surface area contributed by atoms with E-state index < -0.39 is 0 Å². The minimum atomic E-state index is 0.624. The Bertz CT molecular complexity index is 789. The van der Waals surface area contributed by atoms with Gasteiger partial charge in [0.25, 0.3) is 0 Å². The lowest BCUT2D eigenvalue weighted by molar-refractivity contribution is 0.134. The summed E-state index contributed by atoms with van der Waals surface area (Å²) in [5, 5.41) is 3.58. The molecule has 2 aromatic rings. The maximum absolute atomic E-state index is 5.47. The maximum Gasteiger partial charge on any atom is 0.203 e. The van der Waals surface area contributed by atoms with Gasteiger partial charge in [-0.05, 0) is 47.1 Å². The minimum absolute atomic E-state index is 0.624. The molecule has 1 aliphatic rings. The van der Waals surface area contributed by atoms with Crippen LogP contribution in [0, 0.1) is 11.8 Å². The Kier molecular flexibility index (Phi) is 8.00. The standard InChI is InChI=1S/C25H36N2O3/c1-18-10-19(2)16-27(15-18)17-22-9-7-6-8-21(22)14-26-13-20-11-23(28-3)25(30-5)24(12-20)29-4/h6-9,11-12,18-19,26H,10,13-17H2,1-5H3/t18-,19-/m0/s1. The number of hydrogen-bond donors (Lipinski definition) is 1. The molecule has 5 heteroatoms. The van der Waals surface area contributed by atoms with Gasteiger partial charge in [-0.1, -0.05) is 38.1 Å². The van der Waals surface area contributed by atoms with Crippen molar-refractivity contribution in [3.63, 3.8) is 0 Å². The number of hydrogen-bond acceptors (Lipinski definition) is 5. The fraction of sp³-hybridized carbons (Fsp3) is 0.520. The molecule has 1 fully saturated rings. The molecule has 1 heterocycles. The van der Waals surface area contributed by atoms with E-state index in [2.05, 4.69) is 48.3 Å². The first kappa shape index (κ1) is 22.4. The van der Waals surface area contributed by atoms with Crippen molar-refractivity contribution in [2.45, 2.75) is 39.9 Å². The van der Waals surface area contributed by atoms with Crippen LogP contribution in [-0.2, 0) is 19.6 Å². The van der Waals surface area contributed by atoms with Crippen molar-refractivity contribution in [2.75, 3.05) is 34.4 Å². The molecule has 2 aromatic carbocycles. The van der Waals surface area contributed by atoms with Crippen LogP contribution in [0.25, 0.3) is 0 Å². The molecule has 0 bridgehead atoms. The van der Waals surface area contributed by atoms with Crippen LogP contribution in [0.1, 0.15) is 37.0 Å². The van der Waals surface area contributed by atoms with Gasteiger partial charge in [0.1, 0.15) is 0 Å². The molecule has 164 valence electrons. The Hall–Kier alpha value is -2.24. The van der Waals surface area contributed by atoms with Crippen LogP contribution in [0.2, 0.25) is 0 Å². The van der Waals surface area contributed by atoms with Crippen LogP contribution in [0.5, 0.6) is 17.2 Å². The topological polar surface area (TPSA) is 43.0 Å². The van der Waals surface area contributed by atoms with Gasteiger partial charge in [-0.25, -0.2) is 0 Å². The smallest absolute Gasteiger partial charge is 0.203 e. The van der Waals surface area contributed by atoms with E-state index in [1.807, 2.05) is 12.1 Å². The fourth-order valence-electron chi connectivity index (χ4n) is 4.63.